The third kappa shape index (κ3) is 3.14. The number of benzene rings is 1. The molecule has 0 saturated heterocycles. The average molecular weight is 238 g/mol. The Balaban J connectivity index is 3.11. The first-order chi connectivity index (χ1) is 8.56. The zero-order valence-electron chi connectivity index (χ0n) is 11.8. The molecule has 0 heteroatoms. The Kier molecular flexibility index (Phi) is 4.98. The number of rotatable bonds is 4. The van der Waals surface area contributed by atoms with Crippen LogP contribution in [0.2, 0.25) is 0 Å². The molecule has 0 spiro atoms. The first kappa shape index (κ1) is 14.3. The van der Waals surface area contributed by atoms with Crippen molar-refractivity contribution in [1.82, 2.24) is 0 Å². The van der Waals surface area contributed by atoms with Crippen molar-refractivity contribution in [1.29, 1.82) is 0 Å². The van der Waals surface area contributed by atoms with E-state index in [2.05, 4.69) is 64.0 Å². The number of allylic oxidation sites excluding steroid dienone is 4. The molecule has 0 saturated carbocycles. The Morgan fingerprint density at radius 2 is 1.89 bits per heavy atom. The van der Waals surface area contributed by atoms with Gasteiger partial charge in [0, 0.05) is 5.41 Å². The van der Waals surface area contributed by atoms with Crippen LogP contribution in [-0.2, 0) is 11.8 Å². The average Bonchev–Trinajstić information content (AvgIpc) is 2.39. The predicted molar refractivity (Wildman–Crippen MR) is 80.6 cm³/mol. The number of terminal acetylenes is 1. The molecule has 0 aliphatic carbocycles. The van der Waals surface area contributed by atoms with Gasteiger partial charge in [0.25, 0.3) is 0 Å². The molecule has 0 amide bonds. The standard InChI is InChI=1S/C18H22/c1-6-9-10-16(8-3)18(4,5)17-13-11-15(7-2)12-14-17/h1,8-14H,7H2,2-5H3/b10-9-,16-8+. The monoisotopic (exact) mass is 238 g/mol. The van der Waals surface area contributed by atoms with Crippen molar-refractivity contribution >= 4 is 0 Å². The molecule has 1 aromatic carbocycles. The van der Waals surface area contributed by atoms with Crippen LogP contribution in [-0.4, -0.2) is 0 Å². The number of hydrogen-bond acceptors (Lipinski definition) is 0. The molecule has 0 bridgehead atoms. The van der Waals surface area contributed by atoms with Gasteiger partial charge >= 0.3 is 0 Å². The third-order valence-corrected chi connectivity index (χ3v) is 3.48. The molecule has 0 fully saturated rings. The summed E-state index contributed by atoms with van der Waals surface area (Å²) in [6.45, 7) is 8.68. The molecule has 0 atom stereocenters. The van der Waals surface area contributed by atoms with Gasteiger partial charge in [-0.1, -0.05) is 63.1 Å². The second-order valence-corrected chi connectivity index (χ2v) is 4.92. The topological polar surface area (TPSA) is 0 Å². The van der Waals surface area contributed by atoms with Gasteiger partial charge in [-0.15, -0.1) is 6.42 Å². The van der Waals surface area contributed by atoms with Crippen molar-refractivity contribution in [3.05, 3.63) is 59.2 Å². The van der Waals surface area contributed by atoms with E-state index in [-0.39, 0.29) is 5.41 Å². The van der Waals surface area contributed by atoms with Crippen molar-refractivity contribution in [2.45, 2.75) is 39.5 Å². The fourth-order valence-corrected chi connectivity index (χ4v) is 2.13. The Morgan fingerprint density at radius 3 is 2.33 bits per heavy atom. The van der Waals surface area contributed by atoms with Gasteiger partial charge in [0.05, 0.1) is 0 Å². The van der Waals surface area contributed by atoms with Gasteiger partial charge in [-0.3, -0.25) is 0 Å². The summed E-state index contributed by atoms with van der Waals surface area (Å²) in [5.41, 5.74) is 3.91. The second kappa shape index (κ2) is 6.26. The molecule has 94 valence electrons. The molecule has 0 heterocycles. The molecule has 0 nitrogen and oxygen atoms in total. The summed E-state index contributed by atoms with van der Waals surface area (Å²) in [6, 6.07) is 8.84. The Bertz CT molecular complexity index is 476. The number of aryl methyl sites for hydroxylation is 1. The largest absolute Gasteiger partial charge is 0.115 e. The highest BCUT2D eigenvalue weighted by Gasteiger charge is 2.23. The maximum atomic E-state index is 5.29. The lowest BCUT2D eigenvalue weighted by Crippen LogP contribution is -2.19. The smallest absolute Gasteiger partial charge is 0.0143 e. The molecule has 1 rings (SSSR count). The summed E-state index contributed by atoms with van der Waals surface area (Å²) in [5, 5.41) is 0. The third-order valence-electron chi connectivity index (χ3n) is 3.48. The summed E-state index contributed by atoms with van der Waals surface area (Å²) in [5.74, 6) is 2.55. The lowest BCUT2D eigenvalue weighted by molar-refractivity contribution is 0.638. The fraction of sp³-hybridized carbons (Fsp3) is 0.333. The Morgan fingerprint density at radius 1 is 1.28 bits per heavy atom. The zero-order chi connectivity index (χ0) is 13.6. The van der Waals surface area contributed by atoms with Crippen LogP contribution in [0.5, 0.6) is 0 Å². The maximum absolute atomic E-state index is 5.29. The van der Waals surface area contributed by atoms with Crippen LogP contribution < -0.4 is 0 Å². The fourth-order valence-electron chi connectivity index (χ4n) is 2.13. The van der Waals surface area contributed by atoms with Gasteiger partial charge in [0.2, 0.25) is 0 Å². The molecule has 0 aliphatic rings. The lowest BCUT2D eigenvalue weighted by atomic mass is 9.77. The summed E-state index contributed by atoms with van der Waals surface area (Å²) >= 11 is 0. The normalized spacial score (nSPS) is 12.7. The van der Waals surface area contributed by atoms with Crippen LogP contribution in [0.4, 0.5) is 0 Å². The second-order valence-electron chi connectivity index (χ2n) is 4.92. The van der Waals surface area contributed by atoms with Crippen LogP contribution >= 0.6 is 0 Å². The highest BCUT2D eigenvalue weighted by molar-refractivity contribution is 5.42. The first-order valence-corrected chi connectivity index (χ1v) is 6.45. The van der Waals surface area contributed by atoms with E-state index in [1.807, 2.05) is 6.08 Å². The van der Waals surface area contributed by atoms with Gasteiger partial charge < -0.3 is 0 Å². The highest BCUT2D eigenvalue weighted by atomic mass is 14.3. The summed E-state index contributed by atoms with van der Waals surface area (Å²) in [7, 11) is 0. The molecule has 0 aromatic heterocycles. The van der Waals surface area contributed by atoms with Crippen LogP contribution in [0.1, 0.15) is 38.8 Å². The van der Waals surface area contributed by atoms with E-state index >= 15 is 0 Å². The molecule has 18 heavy (non-hydrogen) atoms. The van der Waals surface area contributed by atoms with E-state index in [4.69, 9.17) is 6.42 Å². The summed E-state index contributed by atoms with van der Waals surface area (Å²) < 4.78 is 0. The minimum atomic E-state index is -0.0195. The predicted octanol–water partition coefficient (Wildman–Crippen LogP) is 4.66. The van der Waals surface area contributed by atoms with Crippen LogP contribution in [0.25, 0.3) is 0 Å². The maximum Gasteiger partial charge on any atom is 0.0143 e. The molecule has 0 N–H and O–H groups in total. The minimum Gasteiger partial charge on any atom is -0.115 e. The SMILES string of the molecule is C#C/C=C\C(=C/C)C(C)(C)c1ccc(CC)cc1. The molecule has 0 aliphatic heterocycles. The highest BCUT2D eigenvalue weighted by Crippen LogP contribution is 2.32. The van der Waals surface area contributed by atoms with Crippen LogP contribution in [0.15, 0.2) is 48.1 Å². The molecular formula is C18H22. The number of hydrogen-bond donors (Lipinski definition) is 0. The van der Waals surface area contributed by atoms with E-state index in [0.29, 0.717) is 0 Å². The van der Waals surface area contributed by atoms with Crippen molar-refractivity contribution in [2.75, 3.05) is 0 Å². The van der Waals surface area contributed by atoms with Gasteiger partial charge in [-0.2, -0.15) is 0 Å². The van der Waals surface area contributed by atoms with E-state index in [0.717, 1.165) is 6.42 Å². The van der Waals surface area contributed by atoms with E-state index < -0.39 is 0 Å². The van der Waals surface area contributed by atoms with E-state index in [1.165, 1.54) is 16.7 Å². The van der Waals surface area contributed by atoms with Gasteiger partial charge in [0.15, 0.2) is 0 Å². The molecule has 1 aromatic rings. The van der Waals surface area contributed by atoms with Gasteiger partial charge in [-0.25, -0.2) is 0 Å². The van der Waals surface area contributed by atoms with E-state index in [1.54, 1.807) is 6.08 Å². The van der Waals surface area contributed by atoms with Gasteiger partial charge in [0.1, 0.15) is 0 Å². The van der Waals surface area contributed by atoms with Crippen LogP contribution in [0, 0.1) is 12.3 Å². The van der Waals surface area contributed by atoms with Gasteiger partial charge in [-0.05, 0) is 36.1 Å². The van der Waals surface area contributed by atoms with Crippen molar-refractivity contribution < 1.29 is 0 Å². The Hall–Kier alpha value is -1.74. The molecular weight excluding hydrogens is 216 g/mol. The molecule has 0 unspecified atom stereocenters. The van der Waals surface area contributed by atoms with E-state index in [9.17, 15) is 0 Å². The quantitative estimate of drug-likeness (QED) is 0.528. The zero-order valence-corrected chi connectivity index (χ0v) is 11.8. The van der Waals surface area contributed by atoms with Crippen molar-refractivity contribution in [2.24, 2.45) is 0 Å². The lowest BCUT2D eigenvalue weighted by Gasteiger charge is -2.27. The first-order valence-electron chi connectivity index (χ1n) is 6.45. The molecule has 0 radical (unpaired) electrons. The Labute approximate surface area is 111 Å². The van der Waals surface area contributed by atoms with Crippen molar-refractivity contribution in [3.63, 3.8) is 0 Å². The van der Waals surface area contributed by atoms with Crippen LogP contribution in [0.3, 0.4) is 0 Å². The minimum absolute atomic E-state index is 0.0195. The summed E-state index contributed by atoms with van der Waals surface area (Å²) in [4.78, 5) is 0. The summed E-state index contributed by atoms with van der Waals surface area (Å²) in [6.07, 6.45) is 12.3. The van der Waals surface area contributed by atoms with Crippen molar-refractivity contribution in [3.8, 4) is 12.3 Å².